The molecule has 0 amide bonds. The second-order valence-corrected chi connectivity index (χ2v) is 3.95. The van der Waals surface area contributed by atoms with Gasteiger partial charge in [-0.25, -0.2) is 4.39 Å². The van der Waals surface area contributed by atoms with E-state index >= 15 is 0 Å². The van der Waals surface area contributed by atoms with Crippen molar-refractivity contribution in [3.8, 4) is 5.75 Å². The van der Waals surface area contributed by atoms with Crippen LogP contribution in [-0.2, 0) is 13.7 Å². The molecule has 0 fully saturated rings. The minimum atomic E-state index is -0.366. The number of ether oxygens (including phenoxy) is 1. The van der Waals surface area contributed by atoms with Crippen LogP contribution in [0.15, 0.2) is 18.2 Å². The first-order valence-electron chi connectivity index (χ1n) is 5.32. The van der Waals surface area contributed by atoms with Crippen molar-refractivity contribution in [1.82, 2.24) is 14.8 Å². The number of halogens is 1. The molecule has 5 heteroatoms. The summed E-state index contributed by atoms with van der Waals surface area (Å²) in [7, 11) is 1.85. The first-order valence-corrected chi connectivity index (χ1v) is 5.32. The topological polar surface area (TPSA) is 39.9 Å². The zero-order chi connectivity index (χ0) is 12.4. The molecule has 0 spiro atoms. The van der Waals surface area contributed by atoms with Crippen LogP contribution in [-0.4, -0.2) is 14.8 Å². The first kappa shape index (κ1) is 11.6. The zero-order valence-corrected chi connectivity index (χ0v) is 10.1. The van der Waals surface area contributed by atoms with Gasteiger partial charge in [-0.2, -0.15) is 0 Å². The molecule has 0 N–H and O–H groups in total. The Kier molecular flexibility index (Phi) is 3.08. The molecule has 0 aliphatic carbocycles. The number of aryl methyl sites for hydroxylation is 2. The molecule has 0 bridgehead atoms. The molecule has 2 rings (SSSR count). The van der Waals surface area contributed by atoms with Crippen LogP contribution < -0.4 is 4.74 Å². The van der Waals surface area contributed by atoms with Crippen LogP contribution in [0.25, 0.3) is 0 Å². The summed E-state index contributed by atoms with van der Waals surface area (Å²) >= 11 is 0. The third-order valence-electron chi connectivity index (χ3n) is 2.63. The van der Waals surface area contributed by atoms with E-state index in [1.165, 1.54) is 6.07 Å². The van der Waals surface area contributed by atoms with Gasteiger partial charge in [0.1, 0.15) is 12.4 Å². The Hall–Kier alpha value is -1.91. The van der Waals surface area contributed by atoms with E-state index in [0.717, 1.165) is 11.4 Å². The van der Waals surface area contributed by atoms with Gasteiger partial charge >= 0.3 is 0 Å². The molecule has 0 saturated carbocycles. The lowest BCUT2D eigenvalue weighted by Crippen LogP contribution is -2.05. The zero-order valence-electron chi connectivity index (χ0n) is 10.1. The monoisotopic (exact) mass is 235 g/mol. The molecule has 0 aliphatic rings. The van der Waals surface area contributed by atoms with Crippen molar-refractivity contribution < 1.29 is 9.13 Å². The van der Waals surface area contributed by atoms with E-state index in [-0.39, 0.29) is 18.2 Å². The number of rotatable bonds is 3. The molecule has 0 unspecified atom stereocenters. The lowest BCUT2D eigenvalue weighted by molar-refractivity contribution is 0.276. The molecule has 2 aromatic rings. The molecular weight excluding hydrogens is 221 g/mol. The second kappa shape index (κ2) is 4.53. The van der Waals surface area contributed by atoms with E-state index in [2.05, 4.69) is 10.2 Å². The normalized spacial score (nSPS) is 10.6. The molecule has 90 valence electrons. The summed E-state index contributed by atoms with van der Waals surface area (Å²) in [6.07, 6.45) is 0. The second-order valence-electron chi connectivity index (χ2n) is 3.95. The Morgan fingerprint density at radius 2 is 2.06 bits per heavy atom. The predicted octanol–water partition coefficient (Wildman–Crippen LogP) is 2.15. The van der Waals surface area contributed by atoms with Crippen LogP contribution in [0.4, 0.5) is 4.39 Å². The van der Waals surface area contributed by atoms with Gasteiger partial charge in [-0.05, 0) is 31.5 Å². The molecule has 4 nitrogen and oxygen atoms in total. The summed E-state index contributed by atoms with van der Waals surface area (Å²) in [6, 6.07) is 4.76. The van der Waals surface area contributed by atoms with E-state index in [1.807, 2.05) is 25.5 Å². The Bertz CT molecular complexity index is 537. The molecule has 0 aliphatic heterocycles. The van der Waals surface area contributed by atoms with Gasteiger partial charge < -0.3 is 9.30 Å². The maximum atomic E-state index is 13.4. The lowest BCUT2D eigenvalue weighted by atomic mass is 10.2. The molecule has 1 aromatic carbocycles. The average Bonchev–Trinajstić information content (AvgIpc) is 2.62. The van der Waals surface area contributed by atoms with E-state index in [4.69, 9.17) is 4.74 Å². The van der Waals surface area contributed by atoms with Crippen molar-refractivity contribution in [2.75, 3.05) is 0 Å². The lowest BCUT2D eigenvalue weighted by Gasteiger charge is -2.07. The van der Waals surface area contributed by atoms with E-state index < -0.39 is 0 Å². The van der Waals surface area contributed by atoms with E-state index in [1.54, 1.807) is 12.1 Å². The highest BCUT2D eigenvalue weighted by Crippen LogP contribution is 2.19. The van der Waals surface area contributed by atoms with Crippen LogP contribution in [0.1, 0.15) is 17.2 Å². The van der Waals surface area contributed by atoms with Crippen LogP contribution in [0, 0.1) is 19.7 Å². The Balaban J connectivity index is 2.12. The highest BCUT2D eigenvalue weighted by atomic mass is 19.1. The van der Waals surface area contributed by atoms with E-state index in [0.29, 0.717) is 5.82 Å². The van der Waals surface area contributed by atoms with Gasteiger partial charge in [-0.15, -0.1) is 10.2 Å². The van der Waals surface area contributed by atoms with Gasteiger partial charge in [-0.3, -0.25) is 0 Å². The average molecular weight is 235 g/mol. The molecular formula is C12H14FN3O. The third kappa shape index (κ3) is 2.43. The summed E-state index contributed by atoms with van der Waals surface area (Å²) in [5.74, 6) is 1.34. The van der Waals surface area contributed by atoms with E-state index in [9.17, 15) is 4.39 Å². The number of benzene rings is 1. The largest absolute Gasteiger partial charge is 0.483 e. The maximum Gasteiger partial charge on any atom is 0.170 e. The van der Waals surface area contributed by atoms with Gasteiger partial charge in [0.15, 0.2) is 17.4 Å². The van der Waals surface area contributed by atoms with Gasteiger partial charge in [0, 0.05) is 7.05 Å². The highest BCUT2D eigenvalue weighted by molar-refractivity contribution is 5.29. The van der Waals surface area contributed by atoms with Crippen LogP contribution in [0.3, 0.4) is 0 Å². The smallest absolute Gasteiger partial charge is 0.170 e. The summed E-state index contributed by atoms with van der Waals surface area (Å²) in [6.45, 7) is 3.94. The minimum Gasteiger partial charge on any atom is -0.483 e. The van der Waals surface area contributed by atoms with Crippen LogP contribution in [0.2, 0.25) is 0 Å². The molecule has 17 heavy (non-hydrogen) atoms. The SMILES string of the molecule is Cc1ccc(F)c(OCc2nnc(C)n2C)c1. The molecule has 1 heterocycles. The first-order chi connectivity index (χ1) is 8.08. The van der Waals surface area contributed by atoms with Crippen molar-refractivity contribution in [1.29, 1.82) is 0 Å². The van der Waals surface area contributed by atoms with Gasteiger partial charge in [-0.1, -0.05) is 6.07 Å². The third-order valence-corrected chi connectivity index (χ3v) is 2.63. The fourth-order valence-corrected chi connectivity index (χ4v) is 1.44. The fourth-order valence-electron chi connectivity index (χ4n) is 1.44. The van der Waals surface area contributed by atoms with Crippen molar-refractivity contribution in [2.24, 2.45) is 7.05 Å². The number of aromatic nitrogens is 3. The molecule has 0 atom stereocenters. The fraction of sp³-hybridized carbons (Fsp3) is 0.333. The number of hydrogen-bond donors (Lipinski definition) is 0. The van der Waals surface area contributed by atoms with Gasteiger partial charge in [0.2, 0.25) is 0 Å². The van der Waals surface area contributed by atoms with Gasteiger partial charge in [0.25, 0.3) is 0 Å². The Labute approximate surface area is 99.1 Å². The number of nitrogens with zero attached hydrogens (tertiary/aromatic N) is 3. The van der Waals surface area contributed by atoms with Crippen molar-refractivity contribution in [3.05, 3.63) is 41.2 Å². The molecule has 1 aromatic heterocycles. The Morgan fingerprint density at radius 1 is 1.29 bits per heavy atom. The van der Waals surface area contributed by atoms with Crippen LogP contribution >= 0.6 is 0 Å². The van der Waals surface area contributed by atoms with Crippen molar-refractivity contribution >= 4 is 0 Å². The minimum absolute atomic E-state index is 0.206. The van der Waals surface area contributed by atoms with Crippen molar-refractivity contribution in [2.45, 2.75) is 20.5 Å². The highest BCUT2D eigenvalue weighted by Gasteiger charge is 2.08. The Morgan fingerprint density at radius 3 is 2.71 bits per heavy atom. The standard InChI is InChI=1S/C12H14FN3O/c1-8-4-5-10(13)11(6-8)17-7-12-15-14-9(2)16(12)3/h4-6H,7H2,1-3H3. The molecule has 0 radical (unpaired) electrons. The summed E-state index contributed by atoms with van der Waals surface area (Å²) < 4.78 is 20.6. The summed E-state index contributed by atoms with van der Waals surface area (Å²) in [5.41, 5.74) is 0.954. The van der Waals surface area contributed by atoms with Crippen molar-refractivity contribution in [3.63, 3.8) is 0 Å². The summed E-state index contributed by atoms with van der Waals surface area (Å²) in [5, 5.41) is 7.86. The summed E-state index contributed by atoms with van der Waals surface area (Å²) in [4.78, 5) is 0. The quantitative estimate of drug-likeness (QED) is 0.818. The maximum absolute atomic E-state index is 13.4. The number of hydrogen-bond acceptors (Lipinski definition) is 3. The van der Waals surface area contributed by atoms with Crippen LogP contribution in [0.5, 0.6) is 5.75 Å². The predicted molar refractivity (Wildman–Crippen MR) is 61.2 cm³/mol. The van der Waals surface area contributed by atoms with Gasteiger partial charge in [0.05, 0.1) is 0 Å². The molecule has 0 saturated heterocycles.